The quantitative estimate of drug-likeness (QED) is 0.641. The van der Waals surface area contributed by atoms with E-state index in [0.29, 0.717) is 10.3 Å². The number of halogens is 2. The number of pyridine rings is 1. The lowest BCUT2D eigenvalue weighted by molar-refractivity contribution is -0.646. The van der Waals surface area contributed by atoms with Crippen molar-refractivity contribution in [3.05, 3.63) is 62.9 Å². The minimum Gasteiger partial charge on any atom is -0.618 e. The van der Waals surface area contributed by atoms with Gasteiger partial charge in [-0.25, -0.2) is 8.42 Å². The van der Waals surface area contributed by atoms with Gasteiger partial charge in [-0.15, -0.1) is 0 Å². The first-order valence-electron chi connectivity index (χ1n) is 5.67. The number of sulfone groups is 1. The molecule has 0 fully saturated rings. The normalized spacial score (nSPS) is 11.6. The van der Waals surface area contributed by atoms with Crippen molar-refractivity contribution in [2.24, 2.45) is 0 Å². The molecule has 0 aliphatic heterocycles. The van der Waals surface area contributed by atoms with Crippen LogP contribution in [0.25, 0.3) is 0 Å². The molecule has 0 bridgehead atoms. The van der Waals surface area contributed by atoms with Crippen LogP contribution in [-0.4, -0.2) is 8.42 Å². The van der Waals surface area contributed by atoms with Crippen molar-refractivity contribution in [1.82, 2.24) is 0 Å². The summed E-state index contributed by atoms with van der Waals surface area (Å²) in [5.74, 6) is -0.419. The average Bonchev–Trinajstić information content (AvgIpc) is 2.37. The second kappa shape index (κ2) is 5.60. The summed E-state index contributed by atoms with van der Waals surface area (Å²) in [6, 6.07) is 7.60. The molecule has 0 saturated carbocycles. The van der Waals surface area contributed by atoms with E-state index in [-0.39, 0.29) is 20.6 Å². The van der Waals surface area contributed by atoms with E-state index in [1.807, 2.05) is 0 Å². The van der Waals surface area contributed by atoms with Crippen molar-refractivity contribution in [1.29, 1.82) is 0 Å². The van der Waals surface area contributed by atoms with Gasteiger partial charge in [0.2, 0.25) is 9.84 Å². The Kier molecular flexibility index (Phi) is 4.22. The zero-order valence-corrected chi connectivity index (χ0v) is 12.8. The Labute approximate surface area is 127 Å². The van der Waals surface area contributed by atoms with Crippen LogP contribution in [0, 0.1) is 12.1 Å². The lowest BCUT2D eigenvalue weighted by Gasteiger charge is -2.09. The van der Waals surface area contributed by atoms with E-state index in [2.05, 4.69) is 0 Å². The molecule has 0 saturated heterocycles. The van der Waals surface area contributed by atoms with E-state index in [1.54, 1.807) is 25.1 Å². The highest BCUT2D eigenvalue weighted by molar-refractivity contribution is 7.90. The number of hydrogen-bond acceptors (Lipinski definition) is 3. The summed E-state index contributed by atoms with van der Waals surface area (Å²) in [6.45, 7) is 1.71. The lowest BCUT2D eigenvalue weighted by atomic mass is 10.2. The molecule has 106 valence electrons. The van der Waals surface area contributed by atoms with Gasteiger partial charge in [-0.2, -0.15) is 4.73 Å². The Morgan fingerprint density at radius 2 is 1.80 bits per heavy atom. The highest BCUT2D eigenvalue weighted by Crippen LogP contribution is 2.27. The van der Waals surface area contributed by atoms with Crippen LogP contribution in [0.1, 0.15) is 11.1 Å². The molecule has 1 heterocycles. The van der Waals surface area contributed by atoms with Crippen molar-refractivity contribution >= 4 is 33.0 Å². The van der Waals surface area contributed by atoms with Gasteiger partial charge in [0, 0.05) is 27.7 Å². The SMILES string of the molecule is Cc1cc[n+]([O-])c(S(=O)(=O)Cc2c(Cl)cccc2Cl)c1. The molecule has 0 aliphatic carbocycles. The second-order valence-electron chi connectivity index (χ2n) is 4.33. The molecule has 0 radical (unpaired) electrons. The maximum Gasteiger partial charge on any atom is 0.309 e. The molecule has 4 nitrogen and oxygen atoms in total. The van der Waals surface area contributed by atoms with Crippen LogP contribution >= 0.6 is 23.2 Å². The van der Waals surface area contributed by atoms with E-state index in [4.69, 9.17) is 23.2 Å². The van der Waals surface area contributed by atoms with Crippen molar-refractivity contribution in [3.8, 4) is 0 Å². The Bertz CT molecular complexity index is 740. The summed E-state index contributed by atoms with van der Waals surface area (Å²) >= 11 is 11.9. The van der Waals surface area contributed by atoms with Crippen molar-refractivity contribution in [2.45, 2.75) is 17.7 Å². The predicted molar refractivity (Wildman–Crippen MR) is 77.5 cm³/mol. The fraction of sp³-hybridized carbons (Fsp3) is 0.154. The Balaban J connectivity index is 2.49. The molecule has 0 aliphatic rings. The zero-order valence-electron chi connectivity index (χ0n) is 10.5. The minimum atomic E-state index is -3.83. The van der Waals surface area contributed by atoms with Gasteiger partial charge in [0.15, 0.2) is 6.20 Å². The van der Waals surface area contributed by atoms with Gasteiger partial charge in [0.05, 0.1) is 5.75 Å². The van der Waals surface area contributed by atoms with Gasteiger partial charge in [-0.1, -0.05) is 29.3 Å². The van der Waals surface area contributed by atoms with Crippen LogP contribution in [0.15, 0.2) is 41.6 Å². The number of hydrogen-bond donors (Lipinski definition) is 0. The van der Waals surface area contributed by atoms with E-state index in [0.717, 1.165) is 6.20 Å². The van der Waals surface area contributed by atoms with Gasteiger partial charge in [0.25, 0.3) is 0 Å². The number of aromatic nitrogens is 1. The Morgan fingerprint density at radius 1 is 1.20 bits per heavy atom. The highest BCUT2D eigenvalue weighted by Gasteiger charge is 2.26. The topological polar surface area (TPSA) is 61.1 Å². The van der Waals surface area contributed by atoms with Gasteiger partial charge in [-0.05, 0) is 24.6 Å². The van der Waals surface area contributed by atoms with Crippen LogP contribution in [0.4, 0.5) is 0 Å². The molecule has 1 aromatic carbocycles. The number of nitrogens with zero attached hydrogens (tertiary/aromatic N) is 1. The molecular formula is C13H11Cl2NO3S. The first-order valence-corrected chi connectivity index (χ1v) is 8.07. The summed E-state index contributed by atoms with van der Waals surface area (Å²) in [5, 5.41) is 11.8. The molecule has 20 heavy (non-hydrogen) atoms. The Morgan fingerprint density at radius 3 is 2.40 bits per heavy atom. The lowest BCUT2D eigenvalue weighted by Crippen LogP contribution is -2.34. The van der Waals surface area contributed by atoms with Crippen LogP contribution in [0.5, 0.6) is 0 Å². The molecule has 0 spiro atoms. The smallest absolute Gasteiger partial charge is 0.309 e. The van der Waals surface area contributed by atoms with Crippen molar-refractivity contribution in [3.63, 3.8) is 0 Å². The van der Waals surface area contributed by atoms with E-state index in [9.17, 15) is 13.6 Å². The summed E-state index contributed by atoms with van der Waals surface area (Å²) in [6.07, 6.45) is 1.16. The molecule has 0 unspecified atom stereocenters. The van der Waals surface area contributed by atoms with Crippen molar-refractivity contribution < 1.29 is 13.1 Å². The first kappa shape index (κ1) is 15.1. The maximum absolute atomic E-state index is 12.3. The summed E-state index contributed by atoms with van der Waals surface area (Å²) < 4.78 is 25.0. The zero-order chi connectivity index (χ0) is 14.9. The number of rotatable bonds is 3. The van der Waals surface area contributed by atoms with Crippen LogP contribution in [-0.2, 0) is 15.6 Å². The fourth-order valence-electron chi connectivity index (χ4n) is 1.73. The molecule has 0 N–H and O–H groups in total. The van der Waals surface area contributed by atoms with Gasteiger partial charge in [-0.3, -0.25) is 0 Å². The third-order valence-corrected chi connectivity index (χ3v) is 5.07. The monoisotopic (exact) mass is 331 g/mol. The highest BCUT2D eigenvalue weighted by atomic mass is 35.5. The number of benzene rings is 1. The molecule has 2 aromatic rings. The third-order valence-electron chi connectivity index (χ3n) is 2.76. The van der Waals surface area contributed by atoms with Gasteiger partial charge >= 0.3 is 5.03 Å². The molecular weight excluding hydrogens is 321 g/mol. The third kappa shape index (κ3) is 3.06. The fourth-order valence-corrected chi connectivity index (χ4v) is 3.96. The molecule has 2 rings (SSSR count). The summed E-state index contributed by atoms with van der Waals surface area (Å²) in [4.78, 5) is 0. The second-order valence-corrected chi connectivity index (χ2v) is 7.08. The van der Waals surface area contributed by atoms with Crippen LogP contribution in [0.2, 0.25) is 10.0 Å². The molecule has 1 aromatic heterocycles. The van der Waals surface area contributed by atoms with E-state index < -0.39 is 15.6 Å². The standard InChI is InChI=1S/C13H11Cl2NO3S/c1-9-5-6-16(17)13(7-9)20(18,19)8-10-11(14)3-2-4-12(10)15/h2-7H,8H2,1H3. The van der Waals surface area contributed by atoms with Crippen LogP contribution < -0.4 is 4.73 Å². The molecule has 0 atom stereocenters. The van der Waals surface area contributed by atoms with E-state index >= 15 is 0 Å². The summed E-state index contributed by atoms with van der Waals surface area (Å²) in [7, 11) is -3.83. The van der Waals surface area contributed by atoms with Crippen LogP contribution in [0.3, 0.4) is 0 Å². The first-order chi connectivity index (χ1) is 9.31. The van der Waals surface area contributed by atoms with E-state index in [1.165, 1.54) is 12.1 Å². The number of aryl methyl sites for hydroxylation is 1. The Hall–Kier alpha value is -1.30. The average molecular weight is 332 g/mol. The molecule has 0 amide bonds. The van der Waals surface area contributed by atoms with Gasteiger partial charge < -0.3 is 5.21 Å². The summed E-state index contributed by atoms with van der Waals surface area (Å²) in [5.41, 5.74) is 0.971. The maximum atomic E-state index is 12.3. The molecule has 7 heteroatoms. The van der Waals surface area contributed by atoms with Gasteiger partial charge in [0.1, 0.15) is 0 Å². The minimum absolute atomic E-state index is 0.256. The predicted octanol–water partition coefficient (Wildman–Crippen LogP) is 2.91. The van der Waals surface area contributed by atoms with Crippen molar-refractivity contribution in [2.75, 3.05) is 0 Å². The largest absolute Gasteiger partial charge is 0.618 e.